The summed E-state index contributed by atoms with van der Waals surface area (Å²) >= 11 is 7.63. The monoisotopic (exact) mass is 548 g/mol. The Morgan fingerprint density at radius 1 is 0.939 bits per heavy atom. The standard InChI is InChI=1S/C25H22ClFN2O2S.BrH/c1-30-23-12-3-17(15-24(23)31-2)13-14-29-22(18-4-6-19(26)7-5-18)16-32-25(29)28-21-10-8-20(27)9-11-21;/h3-12,15-16H,13-14H2,1-2H3;1H. The topological polar surface area (TPSA) is 35.8 Å². The molecule has 4 rings (SSSR count). The summed E-state index contributed by atoms with van der Waals surface area (Å²) in [7, 11) is 3.26. The van der Waals surface area contributed by atoms with Crippen molar-refractivity contribution in [1.82, 2.24) is 4.57 Å². The van der Waals surface area contributed by atoms with Crippen molar-refractivity contribution in [3.63, 3.8) is 0 Å². The first kappa shape index (κ1) is 25.0. The van der Waals surface area contributed by atoms with Crippen LogP contribution >= 0.6 is 39.9 Å². The number of hydrogen-bond donors (Lipinski definition) is 0. The van der Waals surface area contributed by atoms with Gasteiger partial charge in [0.15, 0.2) is 16.3 Å². The molecule has 172 valence electrons. The van der Waals surface area contributed by atoms with Gasteiger partial charge in [0.2, 0.25) is 0 Å². The molecule has 0 aliphatic rings. The number of methoxy groups -OCH3 is 2. The van der Waals surface area contributed by atoms with Gasteiger partial charge in [0.1, 0.15) is 5.82 Å². The highest BCUT2D eigenvalue weighted by Crippen LogP contribution is 2.28. The van der Waals surface area contributed by atoms with Crippen molar-refractivity contribution in [2.24, 2.45) is 4.99 Å². The first-order valence-electron chi connectivity index (χ1n) is 10.0. The van der Waals surface area contributed by atoms with Gasteiger partial charge in [-0.25, -0.2) is 9.38 Å². The molecule has 33 heavy (non-hydrogen) atoms. The average molecular weight is 550 g/mol. The zero-order valence-electron chi connectivity index (χ0n) is 18.1. The van der Waals surface area contributed by atoms with Gasteiger partial charge in [-0.3, -0.25) is 0 Å². The van der Waals surface area contributed by atoms with E-state index in [-0.39, 0.29) is 22.8 Å². The maximum atomic E-state index is 13.3. The van der Waals surface area contributed by atoms with Crippen LogP contribution in [0.1, 0.15) is 5.56 Å². The van der Waals surface area contributed by atoms with Gasteiger partial charge in [-0.1, -0.05) is 29.8 Å². The number of aryl methyl sites for hydroxylation is 1. The number of rotatable bonds is 7. The highest BCUT2D eigenvalue weighted by molar-refractivity contribution is 8.93. The third kappa shape index (κ3) is 6.05. The molecule has 1 aromatic heterocycles. The van der Waals surface area contributed by atoms with Gasteiger partial charge in [0, 0.05) is 16.9 Å². The summed E-state index contributed by atoms with van der Waals surface area (Å²) in [6.45, 7) is 0.705. The van der Waals surface area contributed by atoms with Gasteiger partial charge in [-0.2, -0.15) is 0 Å². The second-order valence-corrected chi connectivity index (χ2v) is 8.36. The van der Waals surface area contributed by atoms with E-state index in [9.17, 15) is 4.39 Å². The predicted octanol–water partition coefficient (Wildman–Crippen LogP) is 7.08. The van der Waals surface area contributed by atoms with Crippen molar-refractivity contribution >= 4 is 45.6 Å². The Bertz CT molecular complexity index is 1270. The Labute approximate surface area is 211 Å². The summed E-state index contributed by atoms with van der Waals surface area (Å²) < 4.78 is 26.3. The van der Waals surface area contributed by atoms with Gasteiger partial charge < -0.3 is 14.0 Å². The maximum Gasteiger partial charge on any atom is 0.190 e. The third-order valence-electron chi connectivity index (χ3n) is 5.06. The molecular formula is C25H23BrClFN2O2S. The lowest BCUT2D eigenvalue weighted by Crippen LogP contribution is -2.17. The zero-order chi connectivity index (χ0) is 22.5. The molecule has 0 fully saturated rings. The van der Waals surface area contributed by atoms with Crippen molar-refractivity contribution < 1.29 is 13.9 Å². The van der Waals surface area contributed by atoms with Crippen LogP contribution in [-0.2, 0) is 13.0 Å². The summed E-state index contributed by atoms with van der Waals surface area (Å²) in [5, 5.41) is 2.78. The molecule has 4 nitrogen and oxygen atoms in total. The van der Waals surface area contributed by atoms with E-state index in [1.165, 1.54) is 12.1 Å². The molecule has 0 aliphatic carbocycles. The molecule has 0 radical (unpaired) electrons. The molecule has 4 aromatic rings. The van der Waals surface area contributed by atoms with Crippen molar-refractivity contribution in [1.29, 1.82) is 0 Å². The number of ether oxygens (including phenoxy) is 2. The molecule has 0 atom stereocenters. The van der Waals surface area contributed by atoms with Gasteiger partial charge in [0.05, 0.1) is 25.6 Å². The Morgan fingerprint density at radius 2 is 1.64 bits per heavy atom. The van der Waals surface area contributed by atoms with Crippen molar-refractivity contribution in [3.05, 3.63) is 93.3 Å². The van der Waals surface area contributed by atoms with Crippen LogP contribution in [0, 0.1) is 5.82 Å². The number of hydrogen-bond acceptors (Lipinski definition) is 4. The molecule has 0 N–H and O–H groups in total. The summed E-state index contributed by atoms with van der Waals surface area (Å²) in [6, 6.07) is 19.9. The molecule has 0 aliphatic heterocycles. The maximum absolute atomic E-state index is 13.3. The molecule has 0 spiro atoms. The van der Waals surface area contributed by atoms with E-state index in [0.29, 0.717) is 28.8 Å². The van der Waals surface area contributed by atoms with Crippen LogP contribution < -0.4 is 14.3 Å². The van der Waals surface area contributed by atoms with Crippen LogP contribution in [0.15, 0.2) is 77.1 Å². The van der Waals surface area contributed by atoms with Gasteiger partial charge in [0.25, 0.3) is 0 Å². The average Bonchev–Trinajstić information content (AvgIpc) is 3.21. The molecule has 0 unspecified atom stereocenters. The Morgan fingerprint density at radius 3 is 2.30 bits per heavy atom. The second kappa shape index (κ2) is 11.5. The SMILES string of the molecule is Br.COc1ccc(CCn2c(-c3ccc(Cl)cc3)csc2=Nc2ccc(F)cc2)cc1OC. The number of benzene rings is 3. The minimum Gasteiger partial charge on any atom is -0.493 e. The third-order valence-corrected chi connectivity index (χ3v) is 6.18. The molecule has 1 heterocycles. The lowest BCUT2D eigenvalue weighted by molar-refractivity contribution is 0.354. The van der Waals surface area contributed by atoms with Crippen LogP contribution in [0.3, 0.4) is 0 Å². The predicted molar refractivity (Wildman–Crippen MR) is 138 cm³/mol. The Hall–Kier alpha value is -2.61. The van der Waals surface area contributed by atoms with Crippen molar-refractivity contribution in [2.75, 3.05) is 14.2 Å². The van der Waals surface area contributed by atoms with Crippen LogP contribution in [0.2, 0.25) is 5.02 Å². The fraction of sp³-hybridized carbons (Fsp3) is 0.160. The second-order valence-electron chi connectivity index (χ2n) is 7.09. The van der Waals surface area contributed by atoms with E-state index in [1.807, 2.05) is 42.5 Å². The molecular weight excluding hydrogens is 527 g/mol. The number of halogens is 3. The first-order valence-corrected chi connectivity index (χ1v) is 11.3. The van der Waals surface area contributed by atoms with Gasteiger partial charge >= 0.3 is 0 Å². The largest absolute Gasteiger partial charge is 0.493 e. The highest BCUT2D eigenvalue weighted by atomic mass is 79.9. The summed E-state index contributed by atoms with van der Waals surface area (Å²) in [5.74, 6) is 1.13. The smallest absolute Gasteiger partial charge is 0.190 e. The number of aromatic nitrogens is 1. The Kier molecular flexibility index (Phi) is 8.72. The van der Waals surface area contributed by atoms with Gasteiger partial charge in [-0.15, -0.1) is 28.3 Å². The lowest BCUT2D eigenvalue weighted by atomic mass is 10.1. The fourth-order valence-electron chi connectivity index (χ4n) is 3.39. The summed E-state index contributed by atoms with van der Waals surface area (Å²) in [4.78, 5) is 5.60. The van der Waals surface area contributed by atoms with E-state index < -0.39 is 0 Å². The summed E-state index contributed by atoms with van der Waals surface area (Å²) in [6.07, 6.45) is 0.772. The van der Waals surface area contributed by atoms with Crippen LogP contribution in [0.5, 0.6) is 11.5 Å². The summed E-state index contributed by atoms with van der Waals surface area (Å²) in [5.41, 5.74) is 3.93. The Balaban J connectivity index is 0.00000306. The van der Waals surface area contributed by atoms with Crippen molar-refractivity contribution in [2.45, 2.75) is 13.0 Å². The molecule has 0 saturated carbocycles. The van der Waals surface area contributed by atoms with E-state index >= 15 is 0 Å². The van der Waals surface area contributed by atoms with Crippen molar-refractivity contribution in [3.8, 4) is 22.8 Å². The number of nitrogens with zero attached hydrogens (tertiary/aromatic N) is 2. The van der Waals surface area contributed by atoms with Gasteiger partial charge in [-0.05, 0) is 66.1 Å². The molecule has 8 heteroatoms. The zero-order valence-corrected chi connectivity index (χ0v) is 21.4. The van der Waals surface area contributed by atoms with E-state index in [4.69, 9.17) is 26.1 Å². The number of thiazole rings is 1. The van der Waals surface area contributed by atoms with E-state index in [0.717, 1.165) is 28.0 Å². The minimum absolute atomic E-state index is 0. The van der Waals surface area contributed by atoms with Crippen LogP contribution in [-0.4, -0.2) is 18.8 Å². The van der Waals surface area contributed by atoms with E-state index in [2.05, 4.69) is 9.95 Å². The first-order chi connectivity index (χ1) is 15.6. The minimum atomic E-state index is -0.279. The molecule has 0 amide bonds. The van der Waals surface area contributed by atoms with E-state index in [1.54, 1.807) is 37.7 Å². The molecule has 0 saturated heterocycles. The van der Waals surface area contributed by atoms with Crippen LogP contribution in [0.4, 0.5) is 10.1 Å². The molecule has 3 aromatic carbocycles. The normalized spacial score (nSPS) is 11.2. The molecule has 0 bridgehead atoms. The lowest BCUT2D eigenvalue weighted by Gasteiger charge is -2.12. The highest BCUT2D eigenvalue weighted by Gasteiger charge is 2.10. The fourth-order valence-corrected chi connectivity index (χ4v) is 4.47. The van der Waals surface area contributed by atoms with Crippen LogP contribution in [0.25, 0.3) is 11.3 Å². The quantitative estimate of drug-likeness (QED) is 0.247.